The van der Waals surface area contributed by atoms with Crippen molar-refractivity contribution in [1.82, 2.24) is 4.98 Å². The van der Waals surface area contributed by atoms with Crippen LogP contribution in [0.15, 0.2) is 66.7 Å². The molecule has 0 spiro atoms. The molecule has 0 radical (unpaired) electrons. The second-order valence-corrected chi connectivity index (χ2v) is 6.58. The summed E-state index contributed by atoms with van der Waals surface area (Å²) in [6, 6.07) is 19.7. The number of carbonyl (C=O) groups is 1. The van der Waals surface area contributed by atoms with Crippen LogP contribution in [-0.2, 0) is 11.4 Å². The number of ether oxygens (including phenoxy) is 2. The Morgan fingerprint density at radius 3 is 2.47 bits per heavy atom. The van der Waals surface area contributed by atoms with E-state index in [0.29, 0.717) is 23.7 Å². The third kappa shape index (κ3) is 5.54. The van der Waals surface area contributed by atoms with E-state index < -0.39 is 22.8 Å². The van der Waals surface area contributed by atoms with Gasteiger partial charge in [-0.15, -0.1) is 0 Å². The molecule has 0 aliphatic carbocycles. The Balaban J connectivity index is 1.57. The lowest BCUT2D eigenvalue weighted by atomic mass is 10.2. The molecule has 154 valence electrons. The fourth-order valence-electron chi connectivity index (χ4n) is 2.62. The number of aromatic nitrogens is 1. The van der Waals surface area contributed by atoms with Gasteiger partial charge >= 0.3 is 5.82 Å². The van der Waals surface area contributed by atoms with Crippen LogP contribution in [0.5, 0.6) is 11.5 Å². The van der Waals surface area contributed by atoms with Crippen molar-refractivity contribution in [2.75, 3.05) is 5.32 Å². The van der Waals surface area contributed by atoms with Gasteiger partial charge in [0, 0.05) is 12.6 Å². The number of aryl methyl sites for hydroxylation is 1. The second kappa shape index (κ2) is 9.51. The Kier molecular flexibility index (Phi) is 6.59. The van der Waals surface area contributed by atoms with E-state index in [2.05, 4.69) is 10.3 Å². The number of nitro groups is 1. The molecule has 0 aliphatic rings. The first-order valence-corrected chi connectivity index (χ1v) is 9.29. The van der Waals surface area contributed by atoms with Gasteiger partial charge in [0.2, 0.25) is 5.75 Å². The molecule has 1 atom stereocenters. The predicted octanol–water partition coefficient (Wildman–Crippen LogP) is 4.28. The number of amides is 1. The van der Waals surface area contributed by atoms with E-state index in [1.165, 1.54) is 13.0 Å². The molecule has 3 aromatic rings. The van der Waals surface area contributed by atoms with Crippen molar-refractivity contribution in [2.24, 2.45) is 0 Å². The average Bonchev–Trinajstić information content (AvgIpc) is 2.75. The summed E-state index contributed by atoms with van der Waals surface area (Å²) >= 11 is 0. The van der Waals surface area contributed by atoms with Crippen molar-refractivity contribution in [3.05, 3.63) is 88.1 Å². The maximum atomic E-state index is 12.4. The highest BCUT2D eigenvalue weighted by Crippen LogP contribution is 2.26. The maximum absolute atomic E-state index is 12.4. The van der Waals surface area contributed by atoms with Crippen molar-refractivity contribution in [3.63, 3.8) is 0 Å². The fraction of sp³-hybridized carbons (Fsp3) is 0.182. The zero-order chi connectivity index (χ0) is 21.5. The Morgan fingerprint density at radius 1 is 1.10 bits per heavy atom. The summed E-state index contributed by atoms with van der Waals surface area (Å²) in [5, 5.41) is 13.9. The molecule has 0 saturated carbocycles. The van der Waals surface area contributed by atoms with Crippen LogP contribution in [0, 0.1) is 17.0 Å². The number of benzene rings is 2. The standard InChI is InChI=1S/C22H21N3O5/c1-15-8-13-20(21(23-15)25(27)28)30-16(2)22(26)24-18-9-11-19(12-10-18)29-14-17-6-4-3-5-7-17/h3-13,16H,14H2,1-2H3,(H,24,26)/t16-/m1/s1. The topological polar surface area (TPSA) is 104 Å². The van der Waals surface area contributed by atoms with Crippen LogP contribution >= 0.6 is 0 Å². The van der Waals surface area contributed by atoms with Crippen LogP contribution in [0.25, 0.3) is 0 Å². The van der Waals surface area contributed by atoms with Gasteiger partial charge in [0.25, 0.3) is 5.91 Å². The van der Waals surface area contributed by atoms with Crippen LogP contribution < -0.4 is 14.8 Å². The number of hydrogen-bond acceptors (Lipinski definition) is 6. The summed E-state index contributed by atoms with van der Waals surface area (Å²) in [6.45, 7) is 3.59. The van der Waals surface area contributed by atoms with Crippen LogP contribution in [0.1, 0.15) is 18.2 Å². The molecule has 8 heteroatoms. The molecule has 0 unspecified atom stereocenters. The van der Waals surface area contributed by atoms with Gasteiger partial charge in [-0.25, -0.2) is 0 Å². The van der Waals surface area contributed by atoms with Gasteiger partial charge in [-0.2, -0.15) is 0 Å². The zero-order valence-electron chi connectivity index (χ0n) is 16.6. The molecule has 8 nitrogen and oxygen atoms in total. The lowest BCUT2D eigenvalue weighted by Crippen LogP contribution is -2.30. The molecular formula is C22H21N3O5. The molecule has 1 N–H and O–H groups in total. The first-order chi connectivity index (χ1) is 14.4. The lowest BCUT2D eigenvalue weighted by Gasteiger charge is -2.15. The van der Waals surface area contributed by atoms with Gasteiger partial charge in [-0.1, -0.05) is 30.3 Å². The second-order valence-electron chi connectivity index (χ2n) is 6.58. The van der Waals surface area contributed by atoms with Crippen LogP contribution in [-0.4, -0.2) is 21.9 Å². The molecule has 3 rings (SSSR count). The summed E-state index contributed by atoms with van der Waals surface area (Å²) in [5.41, 5.74) is 2.10. The normalized spacial score (nSPS) is 11.4. The first-order valence-electron chi connectivity index (χ1n) is 9.29. The van der Waals surface area contributed by atoms with Gasteiger partial charge in [-0.3, -0.25) is 4.79 Å². The number of anilines is 1. The molecule has 0 fully saturated rings. The molecule has 30 heavy (non-hydrogen) atoms. The van der Waals surface area contributed by atoms with E-state index in [9.17, 15) is 14.9 Å². The van der Waals surface area contributed by atoms with E-state index in [4.69, 9.17) is 9.47 Å². The fourth-order valence-corrected chi connectivity index (χ4v) is 2.62. The van der Waals surface area contributed by atoms with Crippen LogP contribution in [0.3, 0.4) is 0 Å². The minimum atomic E-state index is -0.956. The van der Waals surface area contributed by atoms with Gasteiger partial charge in [-0.05, 0) is 58.8 Å². The largest absolute Gasteiger partial charge is 0.489 e. The molecule has 1 aromatic heterocycles. The third-order valence-electron chi connectivity index (χ3n) is 4.19. The summed E-state index contributed by atoms with van der Waals surface area (Å²) in [7, 11) is 0. The van der Waals surface area contributed by atoms with E-state index in [1.807, 2.05) is 30.3 Å². The SMILES string of the molecule is Cc1ccc(O[C@H](C)C(=O)Nc2ccc(OCc3ccccc3)cc2)c([N+](=O)[O-])n1. The number of carbonyl (C=O) groups excluding carboxylic acids is 1. The van der Waals surface area contributed by atoms with E-state index in [0.717, 1.165) is 5.56 Å². The highest BCUT2D eigenvalue weighted by atomic mass is 16.6. The molecule has 0 aliphatic heterocycles. The molecule has 0 saturated heterocycles. The Bertz CT molecular complexity index is 1020. The van der Waals surface area contributed by atoms with Gasteiger partial charge < -0.3 is 24.9 Å². The van der Waals surface area contributed by atoms with Crippen molar-refractivity contribution in [1.29, 1.82) is 0 Å². The van der Waals surface area contributed by atoms with Crippen molar-refractivity contribution < 1.29 is 19.2 Å². The van der Waals surface area contributed by atoms with E-state index in [1.54, 1.807) is 37.3 Å². The zero-order valence-corrected chi connectivity index (χ0v) is 16.6. The van der Waals surface area contributed by atoms with Gasteiger partial charge in [0.15, 0.2) is 6.10 Å². The number of nitrogens with one attached hydrogen (secondary N) is 1. The van der Waals surface area contributed by atoms with Crippen molar-refractivity contribution >= 4 is 17.4 Å². The summed E-state index contributed by atoms with van der Waals surface area (Å²) < 4.78 is 11.2. The van der Waals surface area contributed by atoms with Crippen molar-refractivity contribution in [3.8, 4) is 11.5 Å². The predicted molar refractivity (Wildman–Crippen MR) is 112 cm³/mol. The van der Waals surface area contributed by atoms with Crippen LogP contribution in [0.4, 0.5) is 11.5 Å². The minimum absolute atomic E-state index is 0.0575. The van der Waals surface area contributed by atoms with E-state index in [-0.39, 0.29) is 5.75 Å². The quantitative estimate of drug-likeness (QED) is 0.441. The summed E-state index contributed by atoms with van der Waals surface area (Å²) in [4.78, 5) is 26.8. The monoisotopic (exact) mass is 407 g/mol. The van der Waals surface area contributed by atoms with Gasteiger partial charge in [0.05, 0.1) is 0 Å². The van der Waals surface area contributed by atoms with Gasteiger partial charge in [0.1, 0.15) is 18.1 Å². The van der Waals surface area contributed by atoms with Crippen molar-refractivity contribution in [2.45, 2.75) is 26.6 Å². The lowest BCUT2D eigenvalue weighted by molar-refractivity contribution is -0.390. The number of rotatable bonds is 8. The highest BCUT2D eigenvalue weighted by molar-refractivity contribution is 5.94. The van der Waals surface area contributed by atoms with E-state index >= 15 is 0 Å². The van der Waals surface area contributed by atoms with Crippen LogP contribution in [0.2, 0.25) is 0 Å². The Labute approximate surface area is 173 Å². The molecule has 0 bridgehead atoms. The molecule has 1 amide bonds. The minimum Gasteiger partial charge on any atom is -0.489 e. The molecule has 2 aromatic carbocycles. The Hall–Kier alpha value is -3.94. The number of hydrogen-bond donors (Lipinski definition) is 1. The molecule has 1 heterocycles. The Morgan fingerprint density at radius 2 is 1.80 bits per heavy atom. The number of nitrogens with zero attached hydrogens (tertiary/aromatic N) is 2. The highest BCUT2D eigenvalue weighted by Gasteiger charge is 2.23. The number of pyridine rings is 1. The first kappa shape index (κ1) is 20.8. The summed E-state index contributed by atoms with van der Waals surface area (Å²) in [6.07, 6.45) is -0.956. The third-order valence-corrected chi connectivity index (χ3v) is 4.19. The molecular weight excluding hydrogens is 386 g/mol. The average molecular weight is 407 g/mol. The summed E-state index contributed by atoms with van der Waals surface area (Å²) in [5.74, 6) is -0.252. The smallest absolute Gasteiger partial charge is 0.406 e. The maximum Gasteiger partial charge on any atom is 0.406 e.